The van der Waals surface area contributed by atoms with E-state index in [2.05, 4.69) is 5.32 Å². The number of nitrogens with two attached hydrogens (primary N) is 1. The number of hydrogen-bond donors (Lipinski definition) is 2. The van der Waals surface area contributed by atoms with Crippen molar-refractivity contribution in [1.82, 2.24) is 5.32 Å². The Morgan fingerprint density at radius 1 is 1.29 bits per heavy atom. The zero-order chi connectivity index (χ0) is 12.7. The molecule has 0 saturated carbocycles. The molecule has 5 heteroatoms. The van der Waals surface area contributed by atoms with E-state index >= 15 is 0 Å². The fourth-order valence-electron chi connectivity index (χ4n) is 1.37. The Bertz CT molecular complexity index is 339. The number of hydrogen-bond acceptors (Lipinski definition) is 4. The Balaban J connectivity index is 2.48. The molecule has 0 bridgehead atoms. The highest BCUT2D eigenvalue weighted by molar-refractivity contribution is 5.82. The first-order chi connectivity index (χ1) is 8.19. The van der Waals surface area contributed by atoms with Crippen LogP contribution in [0.25, 0.3) is 0 Å². The number of benzene rings is 1. The van der Waals surface area contributed by atoms with E-state index < -0.39 is 12.3 Å². The number of methoxy groups -OCH3 is 2. The summed E-state index contributed by atoms with van der Waals surface area (Å²) in [5.41, 5.74) is 6.59. The van der Waals surface area contributed by atoms with Crippen LogP contribution in [0.15, 0.2) is 30.3 Å². The lowest BCUT2D eigenvalue weighted by molar-refractivity contribution is -0.128. The van der Waals surface area contributed by atoms with Gasteiger partial charge in [0, 0.05) is 14.2 Å². The van der Waals surface area contributed by atoms with Gasteiger partial charge in [0.05, 0.1) is 6.54 Å². The van der Waals surface area contributed by atoms with Crippen molar-refractivity contribution in [2.24, 2.45) is 5.73 Å². The minimum absolute atomic E-state index is 0.254. The molecule has 3 N–H and O–H groups in total. The number of amides is 1. The number of nitrogens with one attached hydrogen (secondary N) is 1. The molecule has 0 aliphatic heterocycles. The van der Waals surface area contributed by atoms with Gasteiger partial charge in [-0.2, -0.15) is 0 Å². The van der Waals surface area contributed by atoms with Crippen molar-refractivity contribution in [2.75, 3.05) is 20.8 Å². The molecule has 0 radical (unpaired) electrons. The maximum atomic E-state index is 11.7. The molecule has 0 spiro atoms. The maximum Gasteiger partial charge on any atom is 0.241 e. The lowest BCUT2D eigenvalue weighted by Gasteiger charge is -2.16. The molecule has 1 amide bonds. The largest absolute Gasteiger partial charge is 0.354 e. The third kappa shape index (κ3) is 4.14. The maximum absolute atomic E-state index is 11.7. The van der Waals surface area contributed by atoms with Gasteiger partial charge < -0.3 is 20.5 Å². The second-order valence-corrected chi connectivity index (χ2v) is 3.53. The van der Waals surface area contributed by atoms with Crippen molar-refractivity contribution in [3.8, 4) is 0 Å². The monoisotopic (exact) mass is 238 g/mol. The summed E-state index contributed by atoms with van der Waals surface area (Å²) < 4.78 is 9.92. The average molecular weight is 238 g/mol. The molecule has 1 aromatic carbocycles. The van der Waals surface area contributed by atoms with Crippen LogP contribution in [-0.4, -0.2) is 33.0 Å². The highest BCUT2D eigenvalue weighted by atomic mass is 16.7. The molecule has 0 aliphatic rings. The minimum atomic E-state index is -0.675. The SMILES string of the molecule is COC(CNC(=O)[C@@H](N)c1ccccc1)OC. The molecular formula is C12H18N2O3. The van der Waals surface area contributed by atoms with Crippen LogP contribution < -0.4 is 11.1 Å². The van der Waals surface area contributed by atoms with Gasteiger partial charge >= 0.3 is 0 Å². The second-order valence-electron chi connectivity index (χ2n) is 3.53. The van der Waals surface area contributed by atoms with Crippen LogP contribution in [0.1, 0.15) is 11.6 Å². The van der Waals surface area contributed by atoms with E-state index in [1.807, 2.05) is 30.3 Å². The number of carbonyl (C=O) groups excluding carboxylic acids is 1. The lowest BCUT2D eigenvalue weighted by Crippen LogP contribution is -2.39. The Labute approximate surface area is 101 Å². The van der Waals surface area contributed by atoms with Crippen LogP contribution in [-0.2, 0) is 14.3 Å². The van der Waals surface area contributed by atoms with Crippen LogP contribution in [0, 0.1) is 0 Å². The zero-order valence-electron chi connectivity index (χ0n) is 10.1. The smallest absolute Gasteiger partial charge is 0.241 e. The highest BCUT2D eigenvalue weighted by Crippen LogP contribution is 2.09. The average Bonchev–Trinajstić information content (AvgIpc) is 2.39. The van der Waals surface area contributed by atoms with E-state index in [9.17, 15) is 4.79 Å². The van der Waals surface area contributed by atoms with Crippen molar-refractivity contribution in [3.05, 3.63) is 35.9 Å². The summed E-state index contributed by atoms with van der Waals surface area (Å²) in [5, 5.41) is 2.67. The van der Waals surface area contributed by atoms with Gasteiger partial charge in [-0.1, -0.05) is 30.3 Å². The molecule has 0 saturated heterocycles. The summed E-state index contributed by atoms with van der Waals surface area (Å²) >= 11 is 0. The molecule has 1 atom stereocenters. The molecule has 17 heavy (non-hydrogen) atoms. The van der Waals surface area contributed by atoms with E-state index in [1.165, 1.54) is 14.2 Å². The highest BCUT2D eigenvalue weighted by Gasteiger charge is 2.16. The van der Waals surface area contributed by atoms with Crippen molar-refractivity contribution in [2.45, 2.75) is 12.3 Å². The van der Waals surface area contributed by atoms with Crippen LogP contribution >= 0.6 is 0 Å². The molecule has 0 aliphatic carbocycles. The van der Waals surface area contributed by atoms with E-state index in [0.717, 1.165) is 5.56 Å². The quantitative estimate of drug-likeness (QED) is 0.704. The molecule has 0 unspecified atom stereocenters. The second kappa shape index (κ2) is 7.01. The molecule has 0 fully saturated rings. The molecule has 1 aromatic rings. The van der Waals surface area contributed by atoms with Crippen LogP contribution in [0.3, 0.4) is 0 Å². The normalized spacial score (nSPS) is 12.5. The fourth-order valence-corrected chi connectivity index (χ4v) is 1.37. The van der Waals surface area contributed by atoms with Gasteiger partial charge in [-0.3, -0.25) is 4.79 Å². The third-order valence-electron chi connectivity index (χ3n) is 2.41. The fraction of sp³-hybridized carbons (Fsp3) is 0.417. The Morgan fingerprint density at radius 3 is 2.41 bits per heavy atom. The molecule has 1 rings (SSSR count). The number of carbonyl (C=O) groups is 1. The van der Waals surface area contributed by atoms with Gasteiger partial charge in [0.25, 0.3) is 0 Å². The van der Waals surface area contributed by atoms with Gasteiger partial charge in [-0.05, 0) is 5.56 Å². The first-order valence-electron chi connectivity index (χ1n) is 5.33. The van der Waals surface area contributed by atoms with E-state index in [4.69, 9.17) is 15.2 Å². The van der Waals surface area contributed by atoms with E-state index in [0.29, 0.717) is 0 Å². The van der Waals surface area contributed by atoms with Crippen LogP contribution in [0.2, 0.25) is 0 Å². The van der Waals surface area contributed by atoms with Crippen molar-refractivity contribution in [3.63, 3.8) is 0 Å². The first-order valence-corrected chi connectivity index (χ1v) is 5.33. The van der Waals surface area contributed by atoms with E-state index in [-0.39, 0.29) is 12.5 Å². The summed E-state index contributed by atoms with van der Waals surface area (Å²) in [6.07, 6.45) is -0.457. The summed E-state index contributed by atoms with van der Waals surface area (Å²) in [6, 6.07) is 8.51. The van der Waals surface area contributed by atoms with Gasteiger partial charge in [0.1, 0.15) is 6.04 Å². The van der Waals surface area contributed by atoms with Crippen LogP contribution in [0.5, 0.6) is 0 Å². The van der Waals surface area contributed by atoms with Crippen molar-refractivity contribution in [1.29, 1.82) is 0 Å². The molecule has 94 valence electrons. The van der Waals surface area contributed by atoms with Crippen molar-refractivity contribution >= 4 is 5.91 Å². The minimum Gasteiger partial charge on any atom is -0.354 e. The van der Waals surface area contributed by atoms with Gasteiger partial charge in [-0.15, -0.1) is 0 Å². The third-order valence-corrected chi connectivity index (χ3v) is 2.41. The lowest BCUT2D eigenvalue weighted by atomic mass is 10.1. The Morgan fingerprint density at radius 2 is 1.88 bits per heavy atom. The zero-order valence-corrected chi connectivity index (χ0v) is 10.1. The predicted molar refractivity (Wildman–Crippen MR) is 64.2 cm³/mol. The Hall–Kier alpha value is -1.43. The van der Waals surface area contributed by atoms with Gasteiger partial charge in [0.2, 0.25) is 5.91 Å². The number of ether oxygens (including phenoxy) is 2. The molecular weight excluding hydrogens is 220 g/mol. The van der Waals surface area contributed by atoms with Crippen molar-refractivity contribution < 1.29 is 14.3 Å². The molecule has 0 heterocycles. The first kappa shape index (κ1) is 13.6. The summed E-state index contributed by atoms with van der Waals surface area (Å²) in [6.45, 7) is 0.270. The standard InChI is InChI=1S/C12H18N2O3/c1-16-10(17-2)8-14-12(15)11(13)9-6-4-3-5-7-9/h3-7,10-11H,8,13H2,1-2H3,(H,14,15)/t11-/m0/s1. The van der Waals surface area contributed by atoms with Gasteiger partial charge in [-0.25, -0.2) is 0 Å². The van der Waals surface area contributed by atoms with Gasteiger partial charge in [0.15, 0.2) is 6.29 Å². The molecule has 5 nitrogen and oxygen atoms in total. The predicted octanol–water partition coefficient (Wildman–Crippen LogP) is 0.422. The number of rotatable bonds is 6. The summed E-state index contributed by atoms with van der Waals surface area (Å²) in [5.74, 6) is -0.254. The topological polar surface area (TPSA) is 73.6 Å². The summed E-state index contributed by atoms with van der Waals surface area (Å²) in [7, 11) is 3.02. The Kier molecular flexibility index (Phi) is 5.62. The summed E-state index contributed by atoms with van der Waals surface area (Å²) in [4.78, 5) is 11.7. The van der Waals surface area contributed by atoms with E-state index in [1.54, 1.807) is 0 Å². The molecule has 0 aromatic heterocycles. The van der Waals surface area contributed by atoms with Crippen LogP contribution in [0.4, 0.5) is 0 Å².